The average molecular weight is 298 g/mol. The predicted molar refractivity (Wildman–Crippen MR) is 88.0 cm³/mol. The number of nitrogens with one attached hydrogen (secondary N) is 1. The number of benzene rings is 2. The molecule has 0 saturated carbocycles. The predicted octanol–water partition coefficient (Wildman–Crippen LogP) is 3.22. The summed E-state index contributed by atoms with van der Waals surface area (Å²) in [6, 6.07) is 17.7. The highest BCUT2D eigenvalue weighted by Gasteiger charge is 2.07. The van der Waals surface area contributed by atoms with E-state index in [2.05, 4.69) is 5.32 Å². The summed E-state index contributed by atoms with van der Waals surface area (Å²) in [5.41, 5.74) is 2.26. The molecule has 0 fully saturated rings. The van der Waals surface area contributed by atoms with Crippen LogP contribution in [0.1, 0.15) is 11.1 Å². The Kier molecular flexibility index (Phi) is 5.83. The van der Waals surface area contributed by atoms with Crippen molar-refractivity contribution < 1.29 is 9.53 Å². The first-order valence-corrected chi connectivity index (χ1v) is 7.37. The van der Waals surface area contributed by atoms with Crippen LogP contribution < -0.4 is 10.1 Å². The summed E-state index contributed by atoms with van der Waals surface area (Å²) in [5.74, 6) is 0.826. The Morgan fingerprint density at radius 3 is 2.64 bits per heavy atom. The zero-order valence-corrected chi connectivity index (χ0v) is 13.1. The van der Waals surface area contributed by atoms with Gasteiger partial charge in [0.25, 0.3) is 0 Å². The highest BCUT2D eigenvalue weighted by Crippen LogP contribution is 2.11. The Morgan fingerprint density at radius 2 is 1.91 bits per heavy atom. The molecular weight excluding hydrogens is 276 g/mol. The molecule has 4 nitrogen and oxygen atoms in total. The van der Waals surface area contributed by atoms with Gasteiger partial charge < -0.3 is 15.0 Å². The molecule has 0 saturated heterocycles. The van der Waals surface area contributed by atoms with Crippen molar-refractivity contribution in [2.75, 3.05) is 20.2 Å². The molecule has 1 N–H and O–H groups in total. The molecule has 2 rings (SSSR count). The standard InChI is InChI=1S/C18H22N2O2/c1-15-7-6-10-17(13-15)22-12-11-19-18(21)20(2)14-16-8-4-3-5-9-16/h3-10,13H,11-12,14H2,1-2H3,(H,19,21). The van der Waals surface area contributed by atoms with Gasteiger partial charge in [-0.25, -0.2) is 4.79 Å². The second-order valence-corrected chi connectivity index (χ2v) is 5.24. The molecule has 22 heavy (non-hydrogen) atoms. The smallest absolute Gasteiger partial charge is 0.317 e. The quantitative estimate of drug-likeness (QED) is 0.832. The van der Waals surface area contributed by atoms with E-state index in [4.69, 9.17) is 4.74 Å². The van der Waals surface area contributed by atoms with E-state index in [1.807, 2.05) is 61.5 Å². The first-order chi connectivity index (χ1) is 10.6. The maximum absolute atomic E-state index is 12.0. The summed E-state index contributed by atoms with van der Waals surface area (Å²) in [6.45, 7) is 3.54. The lowest BCUT2D eigenvalue weighted by molar-refractivity contribution is 0.203. The number of aryl methyl sites for hydroxylation is 1. The monoisotopic (exact) mass is 298 g/mol. The van der Waals surface area contributed by atoms with Gasteiger partial charge in [-0.1, -0.05) is 42.5 Å². The number of rotatable bonds is 6. The summed E-state index contributed by atoms with van der Waals surface area (Å²) in [6.07, 6.45) is 0. The maximum Gasteiger partial charge on any atom is 0.317 e. The van der Waals surface area contributed by atoms with Crippen LogP contribution in [0.4, 0.5) is 4.79 Å². The molecule has 2 amide bonds. The summed E-state index contributed by atoms with van der Waals surface area (Å²) < 4.78 is 5.60. The first kappa shape index (κ1) is 15.9. The lowest BCUT2D eigenvalue weighted by Gasteiger charge is -2.18. The fraction of sp³-hybridized carbons (Fsp3) is 0.278. The van der Waals surface area contributed by atoms with E-state index in [1.54, 1.807) is 11.9 Å². The molecule has 2 aromatic rings. The lowest BCUT2D eigenvalue weighted by atomic mass is 10.2. The molecule has 4 heteroatoms. The molecule has 0 aliphatic rings. The summed E-state index contributed by atoms with van der Waals surface area (Å²) >= 11 is 0. The minimum absolute atomic E-state index is 0.100. The Morgan fingerprint density at radius 1 is 1.14 bits per heavy atom. The minimum atomic E-state index is -0.100. The molecule has 0 atom stereocenters. The van der Waals surface area contributed by atoms with Crippen molar-refractivity contribution in [3.05, 3.63) is 65.7 Å². The number of carbonyl (C=O) groups excluding carboxylic acids is 1. The van der Waals surface area contributed by atoms with E-state index < -0.39 is 0 Å². The highest BCUT2D eigenvalue weighted by molar-refractivity contribution is 5.73. The summed E-state index contributed by atoms with van der Waals surface area (Å²) in [4.78, 5) is 13.6. The van der Waals surface area contributed by atoms with Crippen LogP contribution in [0.25, 0.3) is 0 Å². The van der Waals surface area contributed by atoms with E-state index in [0.29, 0.717) is 19.7 Å². The summed E-state index contributed by atoms with van der Waals surface area (Å²) in [7, 11) is 1.78. The Labute approximate surface area is 131 Å². The van der Waals surface area contributed by atoms with Crippen molar-refractivity contribution in [2.24, 2.45) is 0 Å². The molecule has 0 bridgehead atoms. The molecule has 0 aliphatic carbocycles. The number of carbonyl (C=O) groups is 1. The van der Waals surface area contributed by atoms with E-state index in [9.17, 15) is 4.79 Å². The topological polar surface area (TPSA) is 41.6 Å². The Balaban J connectivity index is 1.69. The van der Waals surface area contributed by atoms with Gasteiger partial charge in [-0.2, -0.15) is 0 Å². The molecule has 0 heterocycles. The molecule has 0 aromatic heterocycles. The van der Waals surface area contributed by atoms with Gasteiger partial charge >= 0.3 is 6.03 Å². The maximum atomic E-state index is 12.0. The van der Waals surface area contributed by atoms with Crippen molar-refractivity contribution >= 4 is 6.03 Å². The second-order valence-electron chi connectivity index (χ2n) is 5.24. The van der Waals surface area contributed by atoms with Crippen LogP contribution in [-0.4, -0.2) is 31.1 Å². The van der Waals surface area contributed by atoms with Crippen molar-refractivity contribution in [1.82, 2.24) is 10.2 Å². The number of nitrogens with zero attached hydrogens (tertiary/aromatic N) is 1. The van der Waals surface area contributed by atoms with E-state index in [0.717, 1.165) is 16.9 Å². The van der Waals surface area contributed by atoms with Crippen molar-refractivity contribution in [3.63, 3.8) is 0 Å². The third-order valence-electron chi connectivity index (χ3n) is 3.25. The van der Waals surface area contributed by atoms with E-state index in [1.165, 1.54) is 0 Å². The van der Waals surface area contributed by atoms with Crippen LogP contribution in [0, 0.1) is 6.92 Å². The van der Waals surface area contributed by atoms with Gasteiger partial charge in [-0.15, -0.1) is 0 Å². The SMILES string of the molecule is Cc1cccc(OCCNC(=O)N(C)Cc2ccccc2)c1. The normalized spacial score (nSPS) is 10.1. The number of amides is 2. The van der Waals surface area contributed by atoms with Gasteiger partial charge in [0.2, 0.25) is 0 Å². The van der Waals surface area contributed by atoms with Crippen molar-refractivity contribution in [2.45, 2.75) is 13.5 Å². The van der Waals surface area contributed by atoms with E-state index >= 15 is 0 Å². The highest BCUT2D eigenvalue weighted by atomic mass is 16.5. The van der Waals surface area contributed by atoms with Gasteiger partial charge in [0.15, 0.2) is 0 Å². The van der Waals surface area contributed by atoms with Crippen LogP contribution in [0.5, 0.6) is 5.75 Å². The molecule has 0 unspecified atom stereocenters. The minimum Gasteiger partial charge on any atom is -0.492 e. The summed E-state index contributed by atoms with van der Waals surface area (Å²) in [5, 5.41) is 2.85. The van der Waals surface area contributed by atoms with Crippen LogP contribution in [0.15, 0.2) is 54.6 Å². The zero-order chi connectivity index (χ0) is 15.8. The Bertz CT molecular complexity index is 599. The molecule has 2 aromatic carbocycles. The average Bonchev–Trinajstić information content (AvgIpc) is 2.52. The van der Waals surface area contributed by atoms with Gasteiger partial charge in [0, 0.05) is 13.6 Å². The third-order valence-corrected chi connectivity index (χ3v) is 3.25. The lowest BCUT2D eigenvalue weighted by Crippen LogP contribution is -2.38. The molecule has 0 aliphatic heterocycles. The van der Waals surface area contributed by atoms with Crippen molar-refractivity contribution in [1.29, 1.82) is 0 Å². The number of ether oxygens (including phenoxy) is 1. The van der Waals surface area contributed by atoms with Crippen LogP contribution in [-0.2, 0) is 6.54 Å². The molecule has 0 radical (unpaired) electrons. The zero-order valence-electron chi connectivity index (χ0n) is 13.1. The van der Waals surface area contributed by atoms with Crippen LogP contribution >= 0.6 is 0 Å². The van der Waals surface area contributed by atoms with E-state index in [-0.39, 0.29) is 6.03 Å². The first-order valence-electron chi connectivity index (χ1n) is 7.37. The number of urea groups is 1. The number of hydrogen-bond donors (Lipinski definition) is 1. The van der Waals surface area contributed by atoms with Gasteiger partial charge in [-0.05, 0) is 30.2 Å². The van der Waals surface area contributed by atoms with Crippen LogP contribution in [0.2, 0.25) is 0 Å². The number of hydrogen-bond acceptors (Lipinski definition) is 2. The molecular formula is C18H22N2O2. The van der Waals surface area contributed by atoms with Crippen LogP contribution in [0.3, 0.4) is 0 Å². The second kappa shape index (κ2) is 8.08. The Hall–Kier alpha value is -2.49. The van der Waals surface area contributed by atoms with Gasteiger partial charge in [0.1, 0.15) is 12.4 Å². The fourth-order valence-corrected chi connectivity index (χ4v) is 2.10. The third kappa shape index (κ3) is 5.13. The van der Waals surface area contributed by atoms with Gasteiger partial charge in [0.05, 0.1) is 6.54 Å². The molecule has 116 valence electrons. The largest absolute Gasteiger partial charge is 0.492 e. The van der Waals surface area contributed by atoms with Crippen molar-refractivity contribution in [3.8, 4) is 5.75 Å². The fourth-order valence-electron chi connectivity index (χ4n) is 2.10. The van der Waals surface area contributed by atoms with Gasteiger partial charge in [-0.3, -0.25) is 0 Å². The molecule has 0 spiro atoms.